The fourth-order valence-corrected chi connectivity index (χ4v) is 3.31. The molecule has 1 aromatic carbocycles. The van der Waals surface area contributed by atoms with Gasteiger partial charge in [0.15, 0.2) is 0 Å². The van der Waals surface area contributed by atoms with Crippen LogP contribution in [-0.2, 0) is 22.6 Å². The van der Waals surface area contributed by atoms with E-state index in [0.29, 0.717) is 12.5 Å². The summed E-state index contributed by atoms with van der Waals surface area (Å²) >= 11 is 0. The quantitative estimate of drug-likeness (QED) is 0.849. The van der Waals surface area contributed by atoms with Gasteiger partial charge in [-0.25, -0.2) is 0 Å². The van der Waals surface area contributed by atoms with Crippen LogP contribution in [0.1, 0.15) is 24.5 Å². The molecular formula is C20H24N2O2. The van der Waals surface area contributed by atoms with Gasteiger partial charge in [-0.1, -0.05) is 30.3 Å². The normalized spacial score (nSPS) is 20.8. The number of rotatable bonds is 5. The number of ether oxygens (including phenoxy) is 1. The van der Waals surface area contributed by atoms with Gasteiger partial charge in [-0.15, -0.1) is 0 Å². The smallest absolute Gasteiger partial charge is 0.219 e. The van der Waals surface area contributed by atoms with Crippen molar-refractivity contribution in [2.24, 2.45) is 5.92 Å². The van der Waals surface area contributed by atoms with Crippen LogP contribution >= 0.6 is 0 Å². The fraction of sp³-hybridized carbons (Fsp3) is 0.400. The molecule has 3 rings (SSSR count). The number of carbonyl (C=O) groups excluding carboxylic acids is 1. The predicted octanol–water partition coefficient (Wildman–Crippen LogP) is 3.08. The number of aromatic nitrogens is 1. The summed E-state index contributed by atoms with van der Waals surface area (Å²) in [5.41, 5.74) is 2.43. The number of piperidine rings is 1. The fourth-order valence-electron chi connectivity index (χ4n) is 3.31. The van der Waals surface area contributed by atoms with Crippen LogP contribution in [0.2, 0.25) is 0 Å². The highest BCUT2D eigenvalue weighted by molar-refractivity contribution is 5.73. The molecule has 0 saturated carbocycles. The van der Waals surface area contributed by atoms with Crippen LogP contribution in [0.15, 0.2) is 54.9 Å². The van der Waals surface area contributed by atoms with Crippen LogP contribution in [0.4, 0.5) is 0 Å². The Morgan fingerprint density at radius 2 is 1.92 bits per heavy atom. The topological polar surface area (TPSA) is 42.4 Å². The lowest BCUT2D eigenvalue weighted by atomic mass is 9.88. The molecular weight excluding hydrogens is 300 g/mol. The standard InChI is InChI=1S/C20H24N2O2/c1-16(23)22-12-9-20(24-15-18-7-10-21-11-8-18)19(14-22)13-17-5-3-2-4-6-17/h2-8,10-11,19-20H,9,12-15H2,1H3/t19-,20-/m1/s1. The molecule has 4 heteroatoms. The number of hydrogen-bond acceptors (Lipinski definition) is 3. The lowest BCUT2D eigenvalue weighted by Crippen LogP contribution is -2.46. The molecule has 0 radical (unpaired) electrons. The van der Waals surface area contributed by atoms with Gasteiger partial charge in [0.2, 0.25) is 5.91 Å². The third kappa shape index (κ3) is 4.42. The summed E-state index contributed by atoms with van der Waals surface area (Å²) in [6.07, 6.45) is 5.58. The molecule has 0 unspecified atom stereocenters. The Kier molecular flexibility index (Phi) is 5.59. The van der Waals surface area contributed by atoms with Crippen molar-refractivity contribution in [1.29, 1.82) is 0 Å². The first kappa shape index (κ1) is 16.7. The minimum Gasteiger partial charge on any atom is -0.373 e. The first-order valence-corrected chi connectivity index (χ1v) is 8.52. The molecule has 1 saturated heterocycles. The van der Waals surface area contributed by atoms with Crippen molar-refractivity contribution in [3.8, 4) is 0 Å². The number of pyridine rings is 1. The van der Waals surface area contributed by atoms with E-state index in [2.05, 4.69) is 29.2 Å². The van der Waals surface area contributed by atoms with Crippen molar-refractivity contribution < 1.29 is 9.53 Å². The first-order valence-electron chi connectivity index (χ1n) is 8.52. The zero-order valence-electron chi connectivity index (χ0n) is 14.1. The second kappa shape index (κ2) is 8.06. The number of amides is 1. The second-order valence-corrected chi connectivity index (χ2v) is 6.41. The molecule has 1 aliphatic rings. The third-order valence-corrected chi connectivity index (χ3v) is 4.66. The number of benzene rings is 1. The summed E-state index contributed by atoms with van der Waals surface area (Å²) in [6, 6.07) is 14.4. The molecule has 0 N–H and O–H groups in total. The van der Waals surface area contributed by atoms with Gasteiger partial charge in [0.05, 0.1) is 12.7 Å². The molecule has 2 atom stereocenters. The Bertz CT molecular complexity index is 645. The Hall–Kier alpha value is -2.20. The van der Waals surface area contributed by atoms with Gasteiger partial charge in [0.1, 0.15) is 0 Å². The highest BCUT2D eigenvalue weighted by Gasteiger charge is 2.31. The number of likely N-dealkylation sites (tertiary alicyclic amines) is 1. The maximum Gasteiger partial charge on any atom is 0.219 e. The predicted molar refractivity (Wildman–Crippen MR) is 93.3 cm³/mol. The molecule has 0 bridgehead atoms. The summed E-state index contributed by atoms with van der Waals surface area (Å²) in [6.45, 7) is 3.79. The van der Waals surface area contributed by atoms with Crippen LogP contribution in [0.25, 0.3) is 0 Å². The minimum atomic E-state index is 0.153. The molecule has 1 aromatic heterocycles. The van der Waals surface area contributed by atoms with Crippen molar-refractivity contribution in [2.75, 3.05) is 13.1 Å². The van der Waals surface area contributed by atoms with Crippen LogP contribution in [0, 0.1) is 5.92 Å². The third-order valence-electron chi connectivity index (χ3n) is 4.66. The van der Waals surface area contributed by atoms with E-state index in [1.54, 1.807) is 19.3 Å². The van der Waals surface area contributed by atoms with E-state index in [1.807, 2.05) is 23.1 Å². The SMILES string of the molecule is CC(=O)N1CC[C@@H](OCc2ccncc2)[C@H](Cc2ccccc2)C1. The Balaban J connectivity index is 1.66. The molecule has 1 aliphatic heterocycles. The van der Waals surface area contributed by atoms with E-state index in [1.165, 1.54) is 5.56 Å². The second-order valence-electron chi connectivity index (χ2n) is 6.41. The largest absolute Gasteiger partial charge is 0.373 e. The zero-order chi connectivity index (χ0) is 16.8. The summed E-state index contributed by atoms with van der Waals surface area (Å²) in [4.78, 5) is 17.7. The maximum absolute atomic E-state index is 11.8. The molecule has 24 heavy (non-hydrogen) atoms. The van der Waals surface area contributed by atoms with E-state index in [4.69, 9.17) is 4.74 Å². The molecule has 0 spiro atoms. The summed E-state index contributed by atoms with van der Waals surface area (Å²) < 4.78 is 6.22. The minimum absolute atomic E-state index is 0.153. The van der Waals surface area contributed by atoms with Gasteiger partial charge in [-0.05, 0) is 36.1 Å². The lowest BCUT2D eigenvalue weighted by Gasteiger charge is -2.38. The highest BCUT2D eigenvalue weighted by atomic mass is 16.5. The van der Waals surface area contributed by atoms with E-state index < -0.39 is 0 Å². The van der Waals surface area contributed by atoms with Gasteiger partial charge in [0, 0.05) is 38.3 Å². The summed E-state index contributed by atoms with van der Waals surface area (Å²) in [5, 5.41) is 0. The molecule has 1 amide bonds. The van der Waals surface area contributed by atoms with Gasteiger partial charge in [0.25, 0.3) is 0 Å². The summed E-state index contributed by atoms with van der Waals surface area (Å²) in [5.74, 6) is 0.479. The molecule has 2 heterocycles. The van der Waals surface area contributed by atoms with Gasteiger partial charge in [-0.3, -0.25) is 9.78 Å². The number of hydrogen-bond donors (Lipinski definition) is 0. The maximum atomic E-state index is 11.8. The van der Waals surface area contributed by atoms with Gasteiger partial charge >= 0.3 is 0 Å². The lowest BCUT2D eigenvalue weighted by molar-refractivity contribution is -0.134. The average molecular weight is 324 g/mol. The van der Waals surface area contributed by atoms with Gasteiger partial charge in [-0.2, -0.15) is 0 Å². The van der Waals surface area contributed by atoms with E-state index in [-0.39, 0.29) is 12.0 Å². The highest BCUT2D eigenvalue weighted by Crippen LogP contribution is 2.25. The molecule has 4 nitrogen and oxygen atoms in total. The Morgan fingerprint density at radius 3 is 2.62 bits per heavy atom. The van der Waals surface area contributed by atoms with E-state index in [0.717, 1.165) is 31.5 Å². The van der Waals surface area contributed by atoms with Crippen LogP contribution < -0.4 is 0 Å². The van der Waals surface area contributed by atoms with Crippen molar-refractivity contribution in [3.63, 3.8) is 0 Å². The van der Waals surface area contributed by atoms with Crippen molar-refractivity contribution in [2.45, 2.75) is 32.5 Å². The molecule has 2 aromatic rings. The number of nitrogens with zero attached hydrogens (tertiary/aromatic N) is 2. The molecule has 126 valence electrons. The number of carbonyl (C=O) groups is 1. The summed E-state index contributed by atoms with van der Waals surface area (Å²) in [7, 11) is 0. The van der Waals surface area contributed by atoms with Crippen molar-refractivity contribution in [3.05, 3.63) is 66.0 Å². The van der Waals surface area contributed by atoms with Crippen molar-refractivity contribution in [1.82, 2.24) is 9.88 Å². The van der Waals surface area contributed by atoms with Crippen LogP contribution in [0.3, 0.4) is 0 Å². The monoisotopic (exact) mass is 324 g/mol. The van der Waals surface area contributed by atoms with Crippen LogP contribution in [0.5, 0.6) is 0 Å². The average Bonchev–Trinajstić information content (AvgIpc) is 2.62. The van der Waals surface area contributed by atoms with E-state index >= 15 is 0 Å². The molecule has 0 aliphatic carbocycles. The van der Waals surface area contributed by atoms with E-state index in [9.17, 15) is 4.79 Å². The van der Waals surface area contributed by atoms with Gasteiger partial charge < -0.3 is 9.64 Å². The van der Waals surface area contributed by atoms with Crippen LogP contribution in [-0.4, -0.2) is 35.0 Å². The zero-order valence-corrected chi connectivity index (χ0v) is 14.1. The molecule has 1 fully saturated rings. The first-order chi connectivity index (χ1) is 11.7. The Labute approximate surface area is 143 Å². The van der Waals surface area contributed by atoms with Crippen molar-refractivity contribution >= 4 is 5.91 Å². The Morgan fingerprint density at radius 1 is 1.17 bits per heavy atom.